The number of nitrogens with one attached hydrogen (secondary N) is 1. The molecule has 0 atom stereocenters. The van der Waals surface area contributed by atoms with E-state index in [0.717, 1.165) is 16.7 Å². The van der Waals surface area contributed by atoms with Gasteiger partial charge in [-0.25, -0.2) is 4.90 Å². The number of carbonyl (C=O) groups is 3. The molecule has 4 rings (SSSR count). The molecule has 0 radical (unpaired) electrons. The second-order valence-electron chi connectivity index (χ2n) is 7.41. The summed E-state index contributed by atoms with van der Waals surface area (Å²) in [5.41, 5.74) is 4.58. The number of nitrogens with zero attached hydrogens (tertiary/aromatic N) is 1. The Kier molecular flexibility index (Phi) is 4.92. The molecule has 1 aliphatic heterocycles. The van der Waals surface area contributed by atoms with Gasteiger partial charge in [0.05, 0.1) is 16.8 Å². The van der Waals surface area contributed by atoms with Crippen LogP contribution in [-0.2, 0) is 0 Å². The Hall–Kier alpha value is -3.44. The number of amides is 3. The molecule has 0 spiro atoms. The Bertz CT molecular complexity index is 1230. The smallest absolute Gasteiger partial charge is 0.266 e. The van der Waals surface area contributed by atoms with Crippen molar-refractivity contribution in [2.45, 2.75) is 20.8 Å². The van der Waals surface area contributed by atoms with Crippen LogP contribution in [0.4, 0.5) is 11.4 Å². The monoisotopic (exact) mass is 418 g/mol. The number of halogens is 1. The lowest BCUT2D eigenvalue weighted by atomic mass is 10.1. The van der Waals surface area contributed by atoms with E-state index in [2.05, 4.69) is 5.32 Å². The quantitative estimate of drug-likeness (QED) is 0.585. The summed E-state index contributed by atoms with van der Waals surface area (Å²) in [6.07, 6.45) is 0. The number of fused-ring (bicyclic) bond motifs is 1. The highest BCUT2D eigenvalue weighted by Crippen LogP contribution is 2.32. The molecule has 3 aromatic rings. The van der Waals surface area contributed by atoms with Gasteiger partial charge >= 0.3 is 0 Å². The van der Waals surface area contributed by atoms with E-state index in [1.807, 2.05) is 45.0 Å². The fourth-order valence-electron chi connectivity index (χ4n) is 3.44. The number of aryl methyl sites for hydroxylation is 3. The van der Waals surface area contributed by atoms with Gasteiger partial charge in [0.15, 0.2) is 0 Å². The van der Waals surface area contributed by atoms with Crippen LogP contribution in [-0.4, -0.2) is 17.7 Å². The van der Waals surface area contributed by atoms with Gasteiger partial charge in [0.1, 0.15) is 0 Å². The second-order valence-corrected chi connectivity index (χ2v) is 7.82. The normalized spacial score (nSPS) is 12.9. The van der Waals surface area contributed by atoms with E-state index >= 15 is 0 Å². The molecule has 5 nitrogen and oxygen atoms in total. The second kappa shape index (κ2) is 7.43. The molecular weight excluding hydrogens is 400 g/mol. The summed E-state index contributed by atoms with van der Waals surface area (Å²) >= 11 is 6.11. The molecule has 0 saturated heterocycles. The molecule has 30 heavy (non-hydrogen) atoms. The molecular formula is C24H19ClN2O3. The van der Waals surface area contributed by atoms with Gasteiger partial charge in [0.2, 0.25) is 0 Å². The molecule has 0 unspecified atom stereocenters. The Morgan fingerprint density at radius 3 is 2.27 bits per heavy atom. The van der Waals surface area contributed by atoms with Gasteiger partial charge in [-0.2, -0.15) is 0 Å². The zero-order valence-electron chi connectivity index (χ0n) is 16.7. The molecule has 3 aromatic carbocycles. The Morgan fingerprint density at radius 1 is 0.833 bits per heavy atom. The van der Waals surface area contributed by atoms with Crippen LogP contribution in [0.3, 0.4) is 0 Å². The zero-order chi connectivity index (χ0) is 21.6. The zero-order valence-corrected chi connectivity index (χ0v) is 17.5. The lowest BCUT2D eigenvalue weighted by Crippen LogP contribution is -2.30. The minimum atomic E-state index is -0.434. The highest BCUT2D eigenvalue weighted by atomic mass is 35.5. The number of benzene rings is 3. The third-order valence-corrected chi connectivity index (χ3v) is 5.59. The minimum Gasteiger partial charge on any atom is -0.322 e. The van der Waals surface area contributed by atoms with Crippen molar-refractivity contribution in [3.05, 3.63) is 93.0 Å². The van der Waals surface area contributed by atoms with Crippen molar-refractivity contribution in [2.75, 3.05) is 10.2 Å². The van der Waals surface area contributed by atoms with Crippen LogP contribution in [0.1, 0.15) is 47.8 Å². The lowest BCUT2D eigenvalue weighted by Gasteiger charge is -2.17. The average molecular weight is 419 g/mol. The number of hydrogen-bond donors (Lipinski definition) is 1. The first-order valence-electron chi connectivity index (χ1n) is 9.44. The van der Waals surface area contributed by atoms with Gasteiger partial charge in [0, 0.05) is 16.3 Å². The number of anilines is 2. The van der Waals surface area contributed by atoms with E-state index in [1.165, 1.54) is 17.0 Å². The number of carbonyl (C=O) groups excluding carboxylic acids is 3. The van der Waals surface area contributed by atoms with Gasteiger partial charge in [0.25, 0.3) is 17.7 Å². The maximum Gasteiger partial charge on any atom is 0.266 e. The summed E-state index contributed by atoms with van der Waals surface area (Å²) in [4.78, 5) is 39.8. The van der Waals surface area contributed by atoms with E-state index in [9.17, 15) is 14.4 Å². The predicted octanol–water partition coefficient (Wildman–Crippen LogP) is 5.32. The van der Waals surface area contributed by atoms with Crippen LogP contribution in [0.15, 0.2) is 54.6 Å². The van der Waals surface area contributed by atoms with Gasteiger partial charge in [-0.3, -0.25) is 14.4 Å². The largest absolute Gasteiger partial charge is 0.322 e. The van der Waals surface area contributed by atoms with Crippen molar-refractivity contribution < 1.29 is 14.4 Å². The molecule has 1 heterocycles. The van der Waals surface area contributed by atoms with Crippen LogP contribution >= 0.6 is 11.6 Å². The minimum absolute atomic E-state index is 0.218. The van der Waals surface area contributed by atoms with Crippen LogP contribution in [0.2, 0.25) is 5.02 Å². The number of hydrogen-bond acceptors (Lipinski definition) is 3. The SMILES string of the molecule is Cc1ccc(C)c(N2C(=O)c3ccc(C(=O)Nc4ccc(C)c(Cl)c4)cc3C2=O)c1. The third kappa shape index (κ3) is 3.37. The van der Waals surface area contributed by atoms with Crippen molar-refractivity contribution in [1.29, 1.82) is 0 Å². The van der Waals surface area contributed by atoms with E-state index in [0.29, 0.717) is 16.4 Å². The number of imide groups is 1. The first-order chi connectivity index (χ1) is 14.3. The summed E-state index contributed by atoms with van der Waals surface area (Å²) < 4.78 is 0. The molecule has 1 aliphatic rings. The van der Waals surface area contributed by atoms with Crippen LogP contribution in [0.5, 0.6) is 0 Å². The van der Waals surface area contributed by atoms with E-state index in [-0.39, 0.29) is 28.5 Å². The molecule has 0 bridgehead atoms. The van der Waals surface area contributed by atoms with Crippen LogP contribution in [0.25, 0.3) is 0 Å². The fraction of sp³-hybridized carbons (Fsp3) is 0.125. The summed E-state index contributed by atoms with van der Waals surface area (Å²) in [6, 6.07) is 15.4. The molecule has 0 aromatic heterocycles. The number of rotatable bonds is 3. The maximum absolute atomic E-state index is 13.0. The lowest BCUT2D eigenvalue weighted by molar-refractivity contribution is 0.0925. The molecule has 0 saturated carbocycles. The van der Waals surface area contributed by atoms with Crippen LogP contribution < -0.4 is 10.2 Å². The van der Waals surface area contributed by atoms with Gasteiger partial charge < -0.3 is 5.32 Å². The van der Waals surface area contributed by atoms with Crippen LogP contribution in [0, 0.1) is 20.8 Å². The summed E-state index contributed by atoms with van der Waals surface area (Å²) in [6.45, 7) is 5.63. The van der Waals surface area contributed by atoms with E-state index in [4.69, 9.17) is 11.6 Å². The third-order valence-electron chi connectivity index (χ3n) is 5.18. The first-order valence-corrected chi connectivity index (χ1v) is 9.81. The molecule has 3 amide bonds. The fourth-order valence-corrected chi connectivity index (χ4v) is 3.62. The predicted molar refractivity (Wildman–Crippen MR) is 118 cm³/mol. The summed E-state index contributed by atoms with van der Waals surface area (Å²) in [7, 11) is 0. The molecule has 6 heteroatoms. The molecule has 0 fully saturated rings. The Balaban J connectivity index is 1.65. The van der Waals surface area contributed by atoms with Crippen molar-refractivity contribution >= 4 is 40.7 Å². The molecule has 150 valence electrons. The first kappa shape index (κ1) is 19.9. The average Bonchev–Trinajstić information content (AvgIpc) is 2.96. The summed E-state index contributed by atoms with van der Waals surface area (Å²) in [5.74, 6) is -1.21. The molecule has 1 N–H and O–H groups in total. The Morgan fingerprint density at radius 2 is 1.53 bits per heavy atom. The van der Waals surface area contributed by atoms with E-state index in [1.54, 1.807) is 18.2 Å². The summed E-state index contributed by atoms with van der Waals surface area (Å²) in [5, 5.41) is 3.32. The highest BCUT2D eigenvalue weighted by molar-refractivity contribution is 6.35. The van der Waals surface area contributed by atoms with Crippen molar-refractivity contribution in [3.63, 3.8) is 0 Å². The van der Waals surface area contributed by atoms with Gasteiger partial charge in [-0.15, -0.1) is 0 Å². The standard InChI is InChI=1S/C24H19ClN2O3/c1-13-4-5-15(3)21(10-13)27-23(29)18-9-7-16(11-19(18)24(27)30)22(28)26-17-8-6-14(2)20(25)12-17/h4-12H,1-3H3,(H,26,28). The van der Waals surface area contributed by atoms with Crippen molar-refractivity contribution in [3.8, 4) is 0 Å². The van der Waals surface area contributed by atoms with Crippen molar-refractivity contribution in [1.82, 2.24) is 0 Å². The van der Waals surface area contributed by atoms with Gasteiger partial charge in [-0.05, 0) is 73.9 Å². The highest BCUT2D eigenvalue weighted by Gasteiger charge is 2.37. The molecule has 0 aliphatic carbocycles. The topological polar surface area (TPSA) is 66.5 Å². The van der Waals surface area contributed by atoms with E-state index < -0.39 is 5.91 Å². The Labute approximate surface area is 179 Å². The van der Waals surface area contributed by atoms with Gasteiger partial charge in [-0.1, -0.05) is 29.8 Å². The van der Waals surface area contributed by atoms with Crippen molar-refractivity contribution in [2.24, 2.45) is 0 Å². The maximum atomic E-state index is 13.0.